The van der Waals surface area contributed by atoms with Crippen LogP contribution < -0.4 is 5.32 Å². The van der Waals surface area contributed by atoms with E-state index >= 15 is 0 Å². The van der Waals surface area contributed by atoms with E-state index in [9.17, 15) is 8.78 Å². The molecule has 0 bridgehead atoms. The number of nitrogens with one attached hydrogen (secondary N) is 1. The molecule has 0 fully saturated rings. The lowest BCUT2D eigenvalue weighted by Gasteiger charge is -2.13. The number of alkyl halides is 2. The standard InChI is InChI=1S/C11H13F2N/c1-8-3-2-4-9-5-6-11(12,13)7-14-10(8)9/h2-4,14H,5-7H2,1H3. The molecule has 0 saturated carbocycles. The van der Waals surface area contributed by atoms with E-state index in [-0.39, 0.29) is 13.0 Å². The van der Waals surface area contributed by atoms with Crippen molar-refractivity contribution in [3.8, 4) is 0 Å². The van der Waals surface area contributed by atoms with Gasteiger partial charge in [-0.2, -0.15) is 0 Å². The summed E-state index contributed by atoms with van der Waals surface area (Å²) in [5, 5.41) is 2.83. The van der Waals surface area contributed by atoms with Gasteiger partial charge in [0.1, 0.15) is 0 Å². The van der Waals surface area contributed by atoms with Gasteiger partial charge in [0, 0.05) is 12.1 Å². The van der Waals surface area contributed by atoms with E-state index in [2.05, 4.69) is 5.32 Å². The first-order chi connectivity index (χ1) is 6.58. The van der Waals surface area contributed by atoms with E-state index in [0.29, 0.717) is 6.42 Å². The number of hydrogen-bond acceptors (Lipinski definition) is 1. The Morgan fingerprint density at radius 3 is 2.93 bits per heavy atom. The van der Waals surface area contributed by atoms with Crippen LogP contribution in [0.5, 0.6) is 0 Å². The van der Waals surface area contributed by atoms with Crippen LogP contribution in [-0.4, -0.2) is 12.5 Å². The van der Waals surface area contributed by atoms with Gasteiger partial charge in [-0.05, 0) is 24.5 Å². The Kier molecular flexibility index (Phi) is 2.17. The largest absolute Gasteiger partial charge is 0.379 e. The van der Waals surface area contributed by atoms with Gasteiger partial charge in [-0.25, -0.2) is 8.78 Å². The number of fused-ring (bicyclic) bond motifs is 1. The lowest BCUT2D eigenvalue weighted by molar-refractivity contribution is 0.00842. The molecule has 76 valence electrons. The van der Waals surface area contributed by atoms with Crippen LogP contribution in [0, 0.1) is 6.92 Å². The summed E-state index contributed by atoms with van der Waals surface area (Å²) in [6.45, 7) is 1.69. The number of para-hydroxylation sites is 1. The van der Waals surface area contributed by atoms with Crippen molar-refractivity contribution in [2.24, 2.45) is 0 Å². The lowest BCUT2D eigenvalue weighted by atomic mass is 10.0. The maximum atomic E-state index is 13.1. The van der Waals surface area contributed by atoms with E-state index in [1.165, 1.54) is 0 Å². The van der Waals surface area contributed by atoms with Gasteiger partial charge in [0.2, 0.25) is 0 Å². The van der Waals surface area contributed by atoms with Crippen LogP contribution in [0.25, 0.3) is 0 Å². The maximum Gasteiger partial charge on any atom is 0.265 e. The van der Waals surface area contributed by atoms with Gasteiger partial charge in [-0.1, -0.05) is 18.2 Å². The number of rotatable bonds is 0. The molecule has 1 aromatic rings. The van der Waals surface area contributed by atoms with E-state index < -0.39 is 5.92 Å². The molecule has 1 N–H and O–H groups in total. The molecular weight excluding hydrogens is 184 g/mol. The Balaban J connectivity index is 2.34. The molecule has 0 atom stereocenters. The average molecular weight is 197 g/mol. The second-order valence-corrected chi connectivity index (χ2v) is 3.82. The minimum Gasteiger partial charge on any atom is -0.379 e. The third-order valence-electron chi connectivity index (χ3n) is 2.64. The minimum absolute atomic E-state index is 0.0591. The lowest BCUT2D eigenvalue weighted by Crippen LogP contribution is -2.25. The van der Waals surface area contributed by atoms with Crippen molar-refractivity contribution in [2.45, 2.75) is 25.7 Å². The van der Waals surface area contributed by atoms with Crippen molar-refractivity contribution >= 4 is 5.69 Å². The molecule has 0 saturated heterocycles. The average Bonchev–Trinajstić information content (AvgIpc) is 2.27. The highest BCUT2D eigenvalue weighted by Crippen LogP contribution is 2.30. The van der Waals surface area contributed by atoms with Gasteiger partial charge in [0.05, 0.1) is 6.54 Å². The zero-order valence-corrected chi connectivity index (χ0v) is 8.11. The van der Waals surface area contributed by atoms with Crippen LogP contribution in [0.1, 0.15) is 17.5 Å². The monoisotopic (exact) mass is 197 g/mol. The van der Waals surface area contributed by atoms with Gasteiger partial charge in [-0.15, -0.1) is 0 Å². The molecule has 0 amide bonds. The quantitative estimate of drug-likeness (QED) is 0.674. The number of halogens is 2. The predicted molar refractivity (Wildman–Crippen MR) is 52.9 cm³/mol. The van der Waals surface area contributed by atoms with E-state index in [4.69, 9.17) is 0 Å². The van der Waals surface area contributed by atoms with Crippen molar-refractivity contribution in [2.75, 3.05) is 11.9 Å². The van der Waals surface area contributed by atoms with Gasteiger partial charge in [0.15, 0.2) is 0 Å². The van der Waals surface area contributed by atoms with Gasteiger partial charge < -0.3 is 5.32 Å². The fourth-order valence-corrected chi connectivity index (χ4v) is 1.81. The molecule has 3 heteroatoms. The minimum atomic E-state index is -2.58. The Morgan fingerprint density at radius 2 is 2.14 bits per heavy atom. The smallest absolute Gasteiger partial charge is 0.265 e. The third kappa shape index (κ3) is 1.72. The van der Waals surface area contributed by atoms with Crippen LogP contribution >= 0.6 is 0 Å². The zero-order valence-electron chi connectivity index (χ0n) is 8.11. The molecule has 0 aromatic heterocycles. The fourth-order valence-electron chi connectivity index (χ4n) is 1.81. The highest BCUT2D eigenvalue weighted by Gasteiger charge is 2.31. The number of benzene rings is 1. The molecule has 0 radical (unpaired) electrons. The Hall–Kier alpha value is -1.12. The summed E-state index contributed by atoms with van der Waals surface area (Å²) in [6, 6.07) is 5.77. The normalized spacial score (nSPS) is 19.4. The van der Waals surface area contributed by atoms with Gasteiger partial charge >= 0.3 is 0 Å². The van der Waals surface area contributed by atoms with Crippen molar-refractivity contribution in [1.29, 1.82) is 0 Å². The van der Waals surface area contributed by atoms with Crippen LogP contribution in [0.2, 0.25) is 0 Å². The molecule has 1 heterocycles. The first-order valence-electron chi connectivity index (χ1n) is 4.79. The Bertz CT molecular complexity index is 347. The zero-order chi connectivity index (χ0) is 10.2. The SMILES string of the molecule is Cc1cccc2c1NCC(F)(F)CC2. The molecule has 14 heavy (non-hydrogen) atoms. The second-order valence-electron chi connectivity index (χ2n) is 3.82. The Morgan fingerprint density at radius 1 is 1.36 bits per heavy atom. The van der Waals surface area contributed by atoms with Crippen LogP contribution in [0.3, 0.4) is 0 Å². The van der Waals surface area contributed by atoms with Gasteiger partial charge in [0.25, 0.3) is 5.92 Å². The molecule has 1 nitrogen and oxygen atoms in total. The number of anilines is 1. The van der Waals surface area contributed by atoms with Crippen LogP contribution in [0.15, 0.2) is 18.2 Å². The molecule has 1 aliphatic heterocycles. The summed E-state index contributed by atoms with van der Waals surface area (Å²) in [4.78, 5) is 0. The summed E-state index contributed by atoms with van der Waals surface area (Å²) < 4.78 is 26.2. The first-order valence-corrected chi connectivity index (χ1v) is 4.79. The molecular formula is C11H13F2N. The van der Waals surface area contributed by atoms with Crippen molar-refractivity contribution < 1.29 is 8.78 Å². The van der Waals surface area contributed by atoms with E-state index in [1.54, 1.807) is 0 Å². The first kappa shape index (κ1) is 9.44. The predicted octanol–water partition coefficient (Wildman–Crippen LogP) is 2.99. The number of hydrogen-bond donors (Lipinski definition) is 1. The second kappa shape index (κ2) is 3.23. The summed E-state index contributed by atoms with van der Waals surface area (Å²) in [5.74, 6) is -2.58. The maximum absolute atomic E-state index is 13.1. The van der Waals surface area contributed by atoms with Gasteiger partial charge in [-0.3, -0.25) is 0 Å². The topological polar surface area (TPSA) is 12.0 Å². The fraction of sp³-hybridized carbons (Fsp3) is 0.455. The van der Waals surface area contributed by atoms with E-state index in [0.717, 1.165) is 16.8 Å². The highest BCUT2D eigenvalue weighted by atomic mass is 19.3. The molecule has 1 aromatic carbocycles. The molecule has 0 unspecified atom stereocenters. The third-order valence-corrected chi connectivity index (χ3v) is 2.64. The molecule has 0 spiro atoms. The summed E-state index contributed by atoms with van der Waals surface area (Å²) in [6.07, 6.45) is 0.396. The highest BCUT2D eigenvalue weighted by molar-refractivity contribution is 5.58. The summed E-state index contributed by atoms with van der Waals surface area (Å²) in [7, 11) is 0. The van der Waals surface area contributed by atoms with E-state index in [1.807, 2.05) is 25.1 Å². The summed E-state index contributed by atoms with van der Waals surface area (Å²) >= 11 is 0. The van der Waals surface area contributed by atoms with Crippen LogP contribution in [-0.2, 0) is 6.42 Å². The molecule has 2 rings (SSSR count). The van der Waals surface area contributed by atoms with Crippen molar-refractivity contribution in [3.63, 3.8) is 0 Å². The Labute approximate surface area is 82.1 Å². The van der Waals surface area contributed by atoms with Crippen LogP contribution in [0.4, 0.5) is 14.5 Å². The molecule has 1 aliphatic rings. The summed E-state index contributed by atoms with van der Waals surface area (Å²) in [5.41, 5.74) is 2.94. The number of aryl methyl sites for hydroxylation is 2. The van der Waals surface area contributed by atoms with Crippen molar-refractivity contribution in [3.05, 3.63) is 29.3 Å². The molecule has 0 aliphatic carbocycles. The van der Waals surface area contributed by atoms with Crippen molar-refractivity contribution in [1.82, 2.24) is 0 Å².